The second kappa shape index (κ2) is 3.82. The molecule has 6 heteroatoms. The second-order valence-corrected chi connectivity index (χ2v) is 5.80. The highest BCUT2D eigenvalue weighted by atomic mass is 33.1. The van der Waals surface area contributed by atoms with Crippen LogP contribution in [0.15, 0.2) is 0 Å². The number of carbonyl (C=O) groups is 1. The average Bonchev–Trinajstić information content (AvgIpc) is 1.87. The Bertz CT molecular complexity index is 209. The molecule has 0 unspecified atom stereocenters. The molecule has 0 saturated carbocycles. The van der Waals surface area contributed by atoms with Crippen molar-refractivity contribution in [1.82, 2.24) is 5.32 Å². The lowest BCUT2D eigenvalue weighted by molar-refractivity contribution is -0.118. The van der Waals surface area contributed by atoms with Crippen LogP contribution in [0.1, 0.15) is 0 Å². The van der Waals surface area contributed by atoms with Crippen LogP contribution >= 0.6 is 10.8 Å². The number of hydrogen-bond acceptors (Lipinski definition) is 4. The van der Waals surface area contributed by atoms with Crippen molar-refractivity contribution in [3.63, 3.8) is 0 Å². The Morgan fingerprint density at radius 1 is 1.60 bits per heavy atom. The number of carbonyl (C=O) groups excluding carboxylic acids is 1. The summed E-state index contributed by atoms with van der Waals surface area (Å²) in [6.45, 7) is 0. The molecule has 0 aromatic carbocycles. The highest BCUT2D eigenvalue weighted by Gasteiger charge is 2.12. The molecule has 60 valence electrons. The zero-order valence-corrected chi connectivity index (χ0v) is 7.38. The standard InChI is InChI=1S/C4H9NO3S2/c1-5-4(6)3-10(7,8)9-2/h3H2,1-2H3,(H,5,6). The quantitative estimate of drug-likeness (QED) is 0.595. The van der Waals surface area contributed by atoms with Gasteiger partial charge in [0.1, 0.15) is 5.75 Å². The average molecular weight is 183 g/mol. The van der Waals surface area contributed by atoms with Crippen LogP contribution in [0.4, 0.5) is 0 Å². The summed E-state index contributed by atoms with van der Waals surface area (Å²) in [4.78, 5) is 10.5. The van der Waals surface area contributed by atoms with Gasteiger partial charge >= 0.3 is 0 Å². The molecule has 0 atom stereocenters. The molecule has 0 aromatic heterocycles. The van der Waals surface area contributed by atoms with Crippen LogP contribution in [-0.2, 0) is 13.7 Å². The Hall–Kier alpha value is -0.230. The molecule has 0 spiro atoms. The molecule has 0 aliphatic rings. The highest BCUT2D eigenvalue weighted by molar-refractivity contribution is 8.71. The first-order valence-electron chi connectivity index (χ1n) is 2.50. The summed E-state index contributed by atoms with van der Waals surface area (Å²) >= 11 is 0. The maximum atomic E-state index is 10.7. The molecule has 0 saturated heterocycles. The van der Waals surface area contributed by atoms with Crippen molar-refractivity contribution < 1.29 is 13.2 Å². The minimum absolute atomic E-state index is 0.440. The first-order chi connectivity index (χ1) is 4.52. The number of nitrogens with one attached hydrogen (secondary N) is 1. The van der Waals surface area contributed by atoms with E-state index in [0.29, 0.717) is 10.8 Å². The maximum Gasteiger partial charge on any atom is 0.235 e. The fourth-order valence-electron chi connectivity index (χ4n) is 0.292. The van der Waals surface area contributed by atoms with Gasteiger partial charge in [0.05, 0.1) is 0 Å². The molecule has 0 aliphatic carbocycles. The molecule has 10 heavy (non-hydrogen) atoms. The molecule has 0 aliphatic heterocycles. The Kier molecular flexibility index (Phi) is 3.73. The molecule has 0 heterocycles. The third-order valence-electron chi connectivity index (χ3n) is 0.841. The van der Waals surface area contributed by atoms with Crippen LogP contribution in [0.2, 0.25) is 0 Å². The first kappa shape index (κ1) is 9.77. The van der Waals surface area contributed by atoms with Gasteiger partial charge in [-0.05, 0) is 17.0 Å². The van der Waals surface area contributed by atoms with Gasteiger partial charge in [0.15, 0.2) is 0 Å². The molecular weight excluding hydrogens is 174 g/mol. The van der Waals surface area contributed by atoms with Crippen LogP contribution in [0.3, 0.4) is 0 Å². The number of hydrogen-bond donors (Lipinski definition) is 1. The molecule has 0 aromatic rings. The monoisotopic (exact) mass is 183 g/mol. The van der Waals surface area contributed by atoms with Crippen LogP contribution in [0, 0.1) is 0 Å². The fraction of sp³-hybridized carbons (Fsp3) is 0.750. The van der Waals surface area contributed by atoms with E-state index in [4.69, 9.17) is 0 Å². The van der Waals surface area contributed by atoms with E-state index in [1.54, 1.807) is 0 Å². The van der Waals surface area contributed by atoms with E-state index in [1.807, 2.05) is 0 Å². The lowest BCUT2D eigenvalue weighted by atomic mass is 10.7. The third-order valence-corrected chi connectivity index (χ3v) is 3.84. The predicted molar refractivity (Wildman–Crippen MR) is 41.4 cm³/mol. The molecule has 1 amide bonds. The minimum atomic E-state index is -3.23. The number of rotatable bonds is 3. The molecule has 0 rings (SSSR count). The van der Waals surface area contributed by atoms with E-state index in [2.05, 4.69) is 5.32 Å². The Morgan fingerprint density at radius 2 is 2.10 bits per heavy atom. The van der Waals surface area contributed by atoms with E-state index >= 15 is 0 Å². The summed E-state index contributed by atoms with van der Waals surface area (Å²) < 4.78 is 21.3. The SMILES string of the molecule is CNC(=O)CS(=O)(=O)SC. The summed E-state index contributed by atoms with van der Waals surface area (Å²) in [5.74, 6) is -0.917. The van der Waals surface area contributed by atoms with Gasteiger partial charge in [0.2, 0.25) is 14.8 Å². The van der Waals surface area contributed by atoms with Crippen LogP contribution in [-0.4, -0.2) is 33.4 Å². The summed E-state index contributed by atoms with van der Waals surface area (Å²) in [7, 11) is -1.14. The topological polar surface area (TPSA) is 63.2 Å². The summed E-state index contributed by atoms with van der Waals surface area (Å²) in [5, 5.41) is 2.22. The first-order valence-corrected chi connectivity index (χ1v) is 5.90. The Labute approximate surface area is 63.7 Å². The summed E-state index contributed by atoms with van der Waals surface area (Å²) in [6, 6.07) is 0. The van der Waals surface area contributed by atoms with Crippen LogP contribution < -0.4 is 5.32 Å². The van der Waals surface area contributed by atoms with Crippen molar-refractivity contribution in [1.29, 1.82) is 0 Å². The van der Waals surface area contributed by atoms with E-state index in [-0.39, 0.29) is 0 Å². The molecule has 0 fully saturated rings. The van der Waals surface area contributed by atoms with E-state index < -0.39 is 20.5 Å². The van der Waals surface area contributed by atoms with Crippen molar-refractivity contribution >= 4 is 25.6 Å². The molecule has 0 bridgehead atoms. The van der Waals surface area contributed by atoms with Gasteiger partial charge in [-0.3, -0.25) is 4.79 Å². The summed E-state index contributed by atoms with van der Waals surface area (Å²) in [5.41, 5.74) is 0. The van der Waals surface area contributed by atoms with Gasteiger partial charge < -0.3 is 5.32 Å². The molecule has 1 N–H and O–H groups in total. The van der Waals surface area contributed by atoms with Gasteiger partial charge in [-0.25, -0.2) is 8.42 Å². The maximum absolute atomic E-state index is 10.7. The number of amides is 1. The van der Waals surface area contributed by atoms with Gasteiger partial charge in [-0.15, -0.1) is 0 Å². The lowest BCUT2D eigenvalue weighted by Gasteiger charge is -1.97. The Balaban J connectivity index is 4.03. The van der Waals surface area contributed by atoms with E-state index in [0.717, 1.165) is 0 Å². The van der Waals surface area contributed by atoms with Crippen molar-refractivity contribution in [3.8, 4) is 0 Å². The predicted octanol–water partition coefficient (Wildman–Crippen LogP) is -0.575. The van der Waals surface area contributed by atoms with Crippen molar-refractivity contribution in [2.24, 2.45) is 0 Å². The molecular formula is C4H9NO3S2. The van der Waals surface area contributed by atoms with Crippen LogP contribution in [0.25, 0.3) is 0 Å². The highest BCUT2D eigenvalue weighted by Crippen LogP contribution is 2.06. The van der Waals surface area contributed by atoms with Gasteiger partial charge in [0.25, 0.3) is 0 Å². The zero-order valence-electron chi connectivity index (χ0n) is 5.75. The lowest BCUT2D eigenvalue weighted by Crippen LogP contribution is -2.25. The normalized spacial score (nSPS) is 11.0. The van der Waals surface area contributed by atoms with Gasteiger partial charge in [-0.2, -0.15) is 0 Å². The third kappa shape index (κ3) is 3.73. The Morgan fingerprint density at radius 3 is 2.40 bits per heavy atom. The van der Waals surface area contributed by atoms with E-state index in [9.17, 15) is 13.2 Å². The minimum Gasteiger partial charge on any atom is -0.358 e. The largest absolute Gasteiger partial charge is 0.358 e. The summed E-state index contributed by atoms with van der Waals surface area (Å²) in [6.07, 6.45) is 1.43. The van der Waals surface area contributed by atoms with Crippen molar-refractivity contribution in [3.05, 3.63) is 0 Å². The molecule has 4 nitrogen and oxygen atoms in total. The van der Waals surface area contributed by atoms with Gasteiger partial charge in [-0.1, -0.05) is 0 Å². The zero-order chi connectivity index (χ0) is 8.20. The fourth-order valence-corrected chi connectivity index (χ4v) is 1.55. The van der Waals surface area contributed by atoms with Gasteiger partial charge in [0, 0.05) is 7.05 Å². The molecule has 0 radical (unpaired) electrons. The second-order valence-electron chi connectivity index (χ2n) is 1.54. The van der Waals surface area contributed by atoms with Crippen LogP contribution in [0.5, 0.6) is 0 Å². The van der Waals surface area contributed by atoms with Crippen molar-refractivity contribution in [2.45, 2.75) is 0 Å². The van der Waals surface area contributed by atoms with Crippen molar-refractivity contribution in [2.75, 3.05) is 19.1 Å². The van der Waals surface area contributed by atoms with E-state index in [1.165, 1.54) is 13.3 Å². The smallest absolute Gasteiger partial charge is 0.235 e.